The van der Waals surface area contributed by atoms with Crippen molar-refractivity contribution in [1.82, 2.24) is 0 Å². The summed E-state index contributed by atoms with van der Waals surface area (Å²) in [5.41, 5.74) is 10.2. The van der Waals surface area contributed by atoms with Crippen molar-refractivity contribution < 1.29 is 4.79 Å². The summed E-state index contributed by atoms with van der Waals surface area (Å²) >= 11 is 0. The largest absolute Gasteiger partial charge is 0.324 e. The zero-order valence-electron chi connectivity index (χ0n) is 11.2. The minimum atomic E-state index is 0.122. The average molecular weight is 253 g/mol. The minimum absolute atomic E-state index is 0.122. The van der Waals surface area contributed by atoms with Gasteiger partial charge in [-0.15, -0.1) is 0 Å². The van der Waals surface area contributed by atoms with Gasteiger partial charge in [0.25, 0.3) is 0 Å². The molecule has 0 aliphatic heterocycles. The molecule has 0 bridgehead atoms. The van der Waals surface area contributed by atoms with Crippen molar-refractivity contribution in [3.8, 4) is 11.1 Å². The highest BCUT2D eigenvalue weighted by atomic mass is 16.1. The first-order chi connectivity index (χ1) is 9.24. The summed E-state index contributed by atoms with van der Waals surface area (Å²) in [7, 11) is 0. The smallest absolute Gasteiger partial charge is 0.150 e. The SMILES string of the molecule is CCCC(N)c1ccc(-c2ccc(C=O)cc2)cc1. The molecule has 0 aromatic heterocycles. The number of nitrogens with two attached hydrogens (primary N) is 1. The maximum absolute atomic E-state index is 10.6. The van der Waals surface area contributed by atoms with Crippen LogP contribution in [0.4, 0.5) is 0 Å². The zero-order chi connectivity index (χ0) is 13.7. The first-order valence-electron chi connectivity index (χ1n) is 6.65. The molecule has 98 valence electrons. The van der Waals surface area contributed by atoms with Gasteiger partial charge in [0, 0.05) is 11.6 Å². The molecule has 0 aliphatic carbocycles. The van der Waals surface area contributed by atoms with Crippen LogP contribution in [0.15, 0.2) is 48.5 Å². The van der Waals surface area contributed by atoms with E-state index in [1.165, 1.54) is 5.56 Å². The van der Waals surface area contributed by atoms with Crippen molar-refractivity contribution in [3.05, 3.63) is 59.7 Å². The van der Waals surface area contributed by atoms with Crippen LogP contribution in [0.2, 0.25) is 0 Å². The number of benzene rings is 2. The molecular weight excluding hydrogens is 234 g/mol. The molecule has 2 nitrogen and oxygen atoms in total. The molecule has 19 heavy (non-hydrogen) atoms. The Morgan fingerprint density at radius 1 is 1.00 bits per heavy atom. The molecule has 0 spiro atoms. The second-order valence-electron chi connectivity index (χ2n) is 4.76. The average Bonchev–Trinajstić information content (AvgIpc) is 2.48. The predicted octanol–water partition coefficient (Wildman–Crippen LogP) is 3.97. The Labute approximate surface area is 114 Å². The van der Waals surface area contributed by atoms with E-state index >= 15 is 0 Å². The minimum Gasteiger partial charge on any atom is -0.324 e. The summed E-state index contributed by atoms with van der Waals surface area (Å²) in [4.78, 5) is 10.6. The second-order valence-corrected chi connectivity index (χ2v) is 4.76. The molecule has 1 unspecified atom stereocenters. The van der Waals surface area contributed by atoms with E-state index in [1.54, 1.807) is 0 Å². The van der Waals surface area contributed by atoms with E-state index in [1.807, 2.05) is 24.3 Å². The van der Waals surface area contributed by atoms with Gasteiger partial charge in [0.1, 0.15) is 6.29 Å². The topological polar surface area (TPSA) is 43.1 Å². The molecule has 2 aromatic rings. The third-order valence-corrected chi connectivity index (χ3v) is 3.32. The van der Waals surface area contributed by atoms with Crippen molar-refractivity contribution in [3.63, 3.8) is 0 Å². The molecule has 0 heterocycles. The van der Waals surface area contributed by atoms with Gasteiger partial charge in [0.2, 0.25) is 0 Å². The van der Waals surface area contributed by atoms with Gasteiger partial charge in [-0.2, -0.15) is 0 Å². The molecule has 2 heteroatoms. The fourth-order valence-corrected chi connectivity index (χ4v) is 2.15. The summed E-state index contributed by atoms with van der Waals surface area (Å²) in [6.45, 7) is 2.14. The molecule has 0 saturated heterocycles. The summed E-state index contributed by atoms with van der Waals surface area (Å²) in [5, 5.41) is 0. The summed E-state index contributed by atoms with van der Waals surface area (Å²) in [5.74, 6) is 0. The first kappa shape index (κ1) is 13.5. The van der Waals surface area contributed by atoms with Crippen molar-refractivity contribution in [1.29, 1.82) is 0 Å². The third kappa shape index (κ3) is 3.30. The van der Waals surface area contributed by atoms with Gasteiger partial charge in [0.15, 0.2) is 0 Å². The van der Waals surface area contributed by atoms with Gasteiger partial charge < -0.3 is 5.73 Å². The molecule has 2 rings (SSSR count). The van der Waals surface area contributed by atoms with Crippen LogP contribution in [0.1, 0.15) is 41.7 Å². The van der Waals surface area contributed by atoms with Gasteiger partial charge in [-0.3, -0.25) is 4.79 Å². The Morgan fingerprint density at radius 2 is 1.53 bits per heavy atom. The van der Waals surface area contributed by atoms with Crippen LogP contribution in [0.5, 0.6) is 0 Å². The van der Waals surface area contributed by atoms with E-state index in [-0.39, 0.29) is 6.04 Å². The molecule has 0 aliphatic rings. The summed E-state index contributed by atoms with van der Waals surface area (Å²) in [6.07, 6.45) is 2.96. The third-order valence-electron chi connectivity index (χ3n) is 3.32. The summed E-state index contributed by atoms with van der Waals surface area (Å²) in [6, 6.07) is 16.1. The molecule has 2 N–H and O–H groups in total. The molecule has 2 aromatic carbocycles. The van der Waals surface area contributed by atoms with E-state index in [2.05, 4.69) is 31.2 Å². The number of hydrogen-bond acceptors (Lipinski definition) is 2. The van der Waals surface area contributed by atoms with E-state index in [4.69, 9.17) is 5.73 Å². The maximum Gasteiger partial charge on any atom is 0.150 e. The van der Waals surface area contributed by atoms with Gasteiger partial charge in [-0.1, -0.05) is 61.9 Å². The molecule has 0 saturated carbocycles. The molecular formula is C17H19NO. The quantitative estimate of drug-likeness (QED) is 0.819. The highest BCUT2D eigenvalue weighted by Gasteiger charge is 2.05. The molecule has 0 amide bonds. The van der Waals surface area contributed by atoms with Gasteiger partial charge in [-0.05, 0) is 23.1 Å². The Morgan fingerprint density at radius 3 is 2.00 bits per heavy atom. The molecule has 0 radical (unpaired) electrons. The van der Waals surface area contributed by atoms with Gasteiger partial charge in [-0.25, -0.2) is 0 Å². The Balaban J connectivity index is 2.19. The number of aldehydes is 1. The lowest BCUT2D eigenvalue weighted by Crippen LogP contribution is -2.09. The predicted molar refractivity (Wildman–Crippen MR) is 79.1 cm³/mol. The molecule has 0 fully saturated rings. The van der Waals surface area contributed by atoms with Crippen LogP contribution in [0.25, 0.3) is 11.1 Å². The standard InChI is InChI=1S/C17H19NO/c1-2-3-17(18)16-10-8-15(9-11-16)14-6-4-13(12-19)5-7-14/h4-12,17H,2-3,18H2,1H3. The maximum atomic E-state index is 10.6. The fourth-order valence-electron chi connectivity index (χ4n) is 2.15. The van der Waals surface area contributed by atoms with Crippen LogP contribution in [-0.2, 0) is 0 Å². The van der Waals surface area contributed by atoms with E-state index in [0.29, 0.717) is 5.56 Å². The number of carbonyl (C=O) groups excluding carboxylic acids is 1. The van der Waals surface area contributed by atoms with Crippen LogP contribution in [-0.4, -0.2) is 6.29 Å². The first-order valence-corrected chi connectivity index (χ1v) is 6.65. The van der Waals surface area contributed by atoms with Gasteiger partial charge in [0.05, 0.1) is 0 Å². The Bertz CT molecular complexity index is 528. The monoisotopic (exact) mass is 253 g/mol. The van der Waals surface area contributed by atoms with E-state index in [9.17, 15) is 4.79 Å². The van der Waals surface area contributed by atoms with Crippen molar-refractivity contribution in [2.24, 2.45) is 5.73 Å². The van der Waals surface area contributed by atoms with Crippen molar-refractivity contribution in [2.45, 2.75) is 25.8 Å². The van der Waals surface area contributed by atoms with Crippen molar-refractivity contribution in [2.75, 3.05) is 0 Å². The zero-order valence-corrected chi connectivity index (χ0v) is 11.2. The molecule has 1 atom stereocenters. The van der Waals surface area contributed by atoms with Crippen LogP contribution >= 0.6 is 0 Å². The number of rotatable bonds is 5. The normalized spacial score (nSPS) is 12.1. The lowest BCUT2D eigenvalue weighted by molar-refractivity contribution is 0.112. The second kappa shape index (κ2) is 6.30. The van der Waals surface area contributed by atoms with Crippen molar-refractivity contribution >= 4 is 6.29 Å². The number of carbonyl (C=O) groups is 1. The summed E-state index contributed by atoms with van der Waals surface area (Å²) < 4.78 is 0. The Hall–Kier alpha value is -1.93. The van der Waals surface area contributed by atoms with E-state index in [0.717, 1.165) is 30.3 Å². The number of hydrogen-bond donors (Lipinski definition) is 1. The lowest BCUT2D eigenvalue weighted by atomic mass is 9.98. The van der Waals surface area contributed by atoms with Crippen LogP contribution < -0.4 is 5.73 Å². The van der Waals surface area contributed by atoms with Gasteiger partial charge >= 0.3 is 0 Å². The highest BCUT2D eigenvalue weighted by molar-refractivity contribution is 5.76. The lowest BCUT2D eigenvalue weighted by Gasteiger charge is -2.11. The van der Waals surface area contributed by atoms with Crippen LogP contribution in [0.3, 0.4) is 0 Å². The highest BCUT2D eigenvalue weighted by Crippen LogP contribution is 2.23. The van der Waals surface area contributed by atoms with Crippen LogP contribution in [0, 0.1) is 0 Å². The fraction of sp³-hybridized carbons (Fsp3) is 0.235. The van der Waals surface area contributed by atoms with E-state index < -0.39 is 0 Å². The Kier molecular flexibility index (Phi) is 4.48.